The van der Waals surface area contributed by atoms with Gasteiger partial charge in [0.25, 0.3) is 11.8 Å². The Morgan fingerprint density at radius 3 is 1.75 bits per heavy atom. The van der Waals surface area contributed by atoms with Gasteiger partial charge < -0.3 is 29.6 Å². The van der Waals surface area contributed by atoms with E-state index in [4.69, 9.17) is 18.9 Å². The highest BCUT2D eigenvalue weighted by Crippen LogP contribution is 2.42. The first-order chi connectivity index (χ1) is 27.3. The number of thioether (sulfide) groups is 2. The molecule has 2 aliphatic rings. The summed E-state index contributed by atoms with van der Waals surface area (Å²) in [6, 6.07) is 26.0. The van der Waals surface area contributed by atoms with Gasteiger partial charge in [-0.3, -0.25) is 38.6 Å². The fourth-order valence-electron chi connectivity index (χ4n) is 5.29. The van der Waals surface area contributed by atoms with Crippen LogP contribution in [0.4, 0.5) is 5.69 Å². The zero-order valence-electron chi connectivity index (χ0n) is 30.8. The highest BCUT2D eigenvalue weighted by Gasteiger charge is 2.39. The van der Waals surface area contributed by atoms with Gasteiger partial charge in [0.05, 0.1) is 56.0 Å². The van der Waals surface area contributed by atoms with Crippen LogP contribution in [-0.4, -0.2) is 118 Å². The molecule has 16 heteroatoms. The van der Waals surface area contributed by atoms with E-state index in [9.17, 15) is 28.8 Å². The van der Waals surface area contributed by atoms with Gasteiger partial charge in [0.15, 0.2) is 0 Å². The van der Waals surface area contributed by atoms with E-state index in [1.807, 2.05) is 60.7 Å². The van der Waals surface area contributed by atoms with Crippen molar-refractivity contribution in [2.75, 3.05) is 77.8 Å². The van der Waals surface area contributed by atoms with Crippen molar-refractivity contribution in [1.82, 2.24) is 15.1 Å². The highest BCUT2D eigenvalue weighted by molar-refractivity contribution is 8.08. The fourth-order valence-corrected chi connectivity index (χ4v) is 7.35. The lowest BCUT2D eigenvalue weighted by atomic mass is 10.1. The van der Waals surface area contributed by atoms with Gasteiger partial charge in [-0.05, 0) is 48.4 Å². The number of hydrogen-bond donors (Lipinski definition) is 2. The van der Waals surface area contributed by atoms with Crippen LogP contribution >= 0.6 is 23.5 Å². The zero-order valence-corrected chi connectivity index (χ0v) is 32.4. The first-order valence-corrected chi connectivity index (χ1v) is 19.8. The van der Waals surface area contributed by atoms with Crippen molar-refractivity contribution in [1.29, 1.82) is 0 Å². The SMILES string of the molecule is O=C(COCC(=O)Nc1ccc(CCC(=O)N2CCC2=O)cc1)NCCOCCOCCOCCN1C(=O)C(Sc2ccccc2)=C(Sc2ccccc2)C1=O. The molecule has 1 saturated heterocycles. The summed E-state index contributed by atoms with van der Waals surface area (Å²) in [6.45, 7) is 1.88. The third kappa shape index (κ3) is 13.4. The van der Waals surface area contributed by atoms with Crippen LogP contribution in [0.2, 0.25) is 0 Å². The molecule has 3 aromatic rings. The maximum Gasteiger partial charge on any atom is 0.268 e. The molecule has 6 amide bonds. The van der Waals surface area contributed by atoms with E-state index in [1.54, 1.807) is 24.3 Å². The van der Waals surface area contributed by atoms with Crippen molar-refractivity contribution in [3.05, 3.63) is 100 Å². The standard InChI is InChI=1S/C40H44N4O10S2/c45-33(27-54-28-34(46)42-30-14-11-29(12-15-30)13-16-35(47)43-19-17-36(43)48)41-18-21-51-23-25-53-26-24-52-22-20-44-39(49)37(55-31-7-3-1-4-8-31)38(40(44)50)56-32-9-5-2-6-10-32/h1-12,14-15H,13,16-28H2,(H,41,45)(H,42,46). The number of β-lactam (4-membered cyclic amide) rings is 1. The average Bonchev–Trinajstić information content (AvgIpc) is 3.41. The van der Waals surface area contributed by atoms with Crippen LogP contribution in [0.25, 0.3) is 0 Å². The largest absolute Gasteiger partial charge is 0.377 e. The summed E-state index contributed by atoms with van der Waals surface area (Å²) in [5.41, 5.74) is 1.46. The summed E-state index contributed by atoms with van der Waals surface area (Å²) in [5, 5.41) is 5.34. The van der Waals surface area contributed by atoms with Crippen molar-refractivity contribution in [2.24, 2.45) is 0 Å². The number of anilines is 1. The second kappa shape index (κ2) is 22.6. The first kappa shape index (κ1) is 42.3. The first-order valence-electron chi connectivity index (χ1n) is 18.1. The summed E-state index contributed by atoms with van der Waals surface area (Å²) in [6.07, 6.45) is 1.16. The van der Waals surface area contributed by atoms with Crippen LogP contribution in [0.3, 0.4) is 0 Å². The van der Waals surface area contributed by atoms with Crippen molar-refractivity contribution in [3.8, 4) is 0 Å². The number of ether oxygens (including phenoxy) is 4. The summed E-state index contributed by atoms with van der Waals surface area (Å²) in [4.78, 5) is 79.3. The molecule has 2 aliphatic heterocycles. The third-order valence-corrected chi connectivity index (χ3v) is 10.6. The van der Waals surface area contributed by atoms with Crippen molar-refractivity contribution >= 4 is 64.7 Å². The Bertz CT molecular complexity index is 1780. The molecule has 296 valence electrons. The lowest BCUT2D eigenvalue weighted by Gasteiger charge is -2.28. The molecule has 5 rings (SSSR count). The topological polar surface area (TPSA) is 170 Å². The molecule has 1 fully saturated rings. The summed E-state index contributed by atoms with van der Waals surface area (Å²) >= 11 is 2.57. The molecule has 0 aromatic heterocycles. The molecule has 0 unspecified atom stereocenters. The number of carbonyl (C=O) groups is 6. The minimum absolute atomic E-state index is 0.119. The number of imide groups is 2. The second-order valence-corrected chi connectivity index (χ2v) is 14.5. The molecule has 0 spiro atoms. The molecular weight excluding hydrogens is 761 g/mol. The molecule has 56 heavy (non-hydrogen) atoms. The molecule has 0 bridgehead atoms. The number of amides is 6. The predicted molar refractivity (Wildman–Crippen MR) is 209 cm³/mol. The molecule has 0 aliphatic carbocycles. The average molecular weight is 805 g/mol. The zero-order chi connectivity index (χ0) is 39.5. The maximum atomic E-state index is 13.3. The van der Waals surface area contributed by atoms with Crippen molar-refractivity contribution < 1.29 is 47.7 Å². The van der Waals surface area contributed by atoms with Crippen LogP contribution in [0.5, 0.6) is 0 Å². The van der Waals surface area contributed by atoms with E-state index in [1.165, 1.54) is 33.3 Å². The van der Waals surface area contributed by atoms with Gasteiger partial charge in [-0.15, -0.1) is 0 Å². The molecule has 0 atom stereocenters. The number of rotatable bonds is 24. The number of nitrogens with zero attached hydrogens (tertiary/aromatic N) is 2. The van der Waals surface area contributed by atoms with Gasteiger partial charge in [-0.1, -0.05) is 72.1 Å². The highest BCUT2D eigenvalue weighted by atomic mass is 32.2. The summed E-state index contributed by atoms with van der Waals surface area (Å²) in [5.74, 6) is -1.79. The summed E-state index contributed by atoms with van der Waals surface area (Å²) in [7, 11) is 0. The minimum atomic E-state index is -0.417. The van der Waals surface area contributed by atoms with Crippen LogP contribution < -0.4 is 10.6 Å². The monoisotopic (exact) mass is 804 g/mol. The van der Waals surface area contributed by atoms with Crippen LogP contribution in [0.1, 0.15) is 18.4 Å². The van der Waals surface area contributed by atoms with Gasteiger partial charge >= 0.3 is 0 Å². The number of likely N-dealkylation sites (tertiary alicyclic amines) is 1. The lowest BCUT2D eigenvalue weighted by molar-refractivity contribution is -0.152. The van der Waals surface area contributed by atoms with E-state index in [0.29, 0.717) is 54.7 Å². The number of nitrogens with one attached hydrogen (secondary N) is 2. The van der Waals surface area contributed by atoms with Gasteiger partial charge in [0.1, 0.15) is 13.2 Å². The Balaban J connectivity index is 0.851. The van der Waals surface area contributed by atoms with Gasteiger partial charge in [0, 0.05) is 41.4 Å². The van der Waals surface area contributed by atoms with E-state index in [0.717, 1.165) is 15.4 Å². The van der Waals surface area contributed by atoms with Gasteiger partial charge in [0.2, 0.25) is 23.6 Å². The van der Waals surface area contributed by atoms with Crippen LogP contribution in [0, 0.1) is 0 Å². The number of aryl methyl sites for hydroxylation is 1. The molecular formula is C40H44N4O10S2. The van der Waals surface area contributed by atoms with Crippen molar-refractivity contribution in [2.45, 2.75) is 29.1 Å². The Morgan fingerprint density at radius 1 is 0.643 bits per heavy atom. The number of hydrogen-bond acceptors (Lipinski definition) is 12. The van der Waals surface area contributed by atoms with Gasteiger partial charge in [-0.25, -0.2) is 0 Å². The minimum Gasteiger partial charge on any atom is -0.377 e. The molecule has 2 heterocycles. The smallest absolute Gasteiger partial charge is 0.268 e. The van der Waals surface area contributed by atoms with E-state index in [-0.39, 0.29) is 82.1 Å². The van der Waals surface area contributed by atoms with E-state index in [2.05, 4.69) is 10.6 Å². The number of benzene rings is 3. The predicted octanol–water partition coefficient (Wildman–Crippen LogP) is 3.66. The summed E-state index contributed by atoms with van der Waals surface area (Å²) < 4.78 is 21.8. The normalized spacial score (nSPS) is 14.0. The Hall–Kier alpha value is -4.84. The van der Waals surface area contributed by atoms with Crippen molar-refractivity contribution in [3.63, 3.8) is 0 Å². The second-order valence-electron chi connectivity index (χ2n) is 12.4. The maximum absolute atomic E-state index is 13.3. The molecule has 14 nitrogen and oxygen atoms in total. The van der Waals surface area contributed by atoms with E-state index < -0.39 is 5.91 Å². The molecule has 0 radical (unpaired) electrons. The van der Waals surface area contributed by atoms with Crippen LogP contribution in [-0.2, 0) is 54.1 Å². The quantitative estimate of drug-likeness (QED) is 0.0767. The fraction of sp³-hybridized carbons (Fsp3) is 0.350. The lowest BCUT2D eigenvalue weighted by Crippen LogP contribution is -2.47. The number of carbonyl (C=O) groups excluding carboxylic acids is 6. The molecule has 2 N–H and O–H groups in total. The molecule has 3 aromatic carbocycles. The molecule has 0 saturated carbocycles. The Kier molecular flexibility index (Phi) is 17.1. The van der Waals surface area contributed by atoms with Gasteiger partial charge in [-0.2, -0.15) is 0 Å². The van der Waals surface area contributed by atoms with Crippen LogP contribution in [0.15, 0.2) is 105 Å². The Morgan fingerprint density at radius 2 is 1.20 bits per heavy atom. The van der Waals surface area contributed by atoms with E-state index >= 15 is 0 Å². The third-order valence-electron chi connectivity index (χ3n) is 8.27. The Labute approximate surface area is 333 Å².